The minimum Gasteiger partial charge on any atom is -0.478 e. The van der Waals surface area contributed by atoms with Gasteiger partial charge in [0.1, 0.15) is 30.2 Å². The van der Waals surface area contributed by atoms with Gasteiger partial charge in [-0.2, -0.15) is 0 Å². The van der Waals surface area contributed by atoms with Gasteiger partial charge >= 0.3 is 5.97 Å². The first-order valence-electron chi connectivity index (χ1n) is 18.6. The number of aliphatic carboxylic acids is 1. The van der Waals surface area contributed by atoms with Crippen LogP contribution >= 0.6 is 11.3 Å². The minimum atomic E-state index is -1.13. The summed E-state index contributed by atoms with van der Waals surface area (Å²) in [6, 6.07) is -1.31. The van der Waals surface area contributed by atoms with Gasteiger partial charge in [-0.25, -0.2) is 4.79 Å². The highest BCUT2D eigenvalue weighted by atomic mass is 32.1. The van der Waals surface area contributed by atoms with Crippen LogP contribution in [-0.2, 0) is 28.8 Å². The molecule has 7 N–H and O–H groups in total. The molecule has 1 aliphatic heterocycles. The van der Waals surface area contributed by atoms with Crippen molar-refractivity contribution in [3.63, 3.8) is 0 Å². The molecule has 1 unspecified atom stereocenters. The van der Waals surface area contributed by atoms with Crippen LogP contribution in [0.4, 0.5) is 0 Å². The molecule has 0 spiro atoms. The van der Waals surface area contributed by atoms with Gasteiger partial charge in [-0.3, -0.25) is 28.8 Å². The number of carboxylic acid groups (broad SMARTS) is 1. The summed E-state index contributed by atoms with van der Waals surface area (Å²) in [6.45, 7) is 4.14. The number of hydrogen-bond acceptors (Lipinski definition) is 8. The predicted octanol–water partition coefficient (Wildman–Crippen LogP) is 2.62. The van der Waals surface area contributed by atoms with Crippen LogP contribution < -0.4 is 27.0 Å². The number of nitrogens with zero attached hydrogens (tertiary/aromatic N) is 1. The van der Waals surface area contributed by atoms with Gasteiger partial charge in [0.15, 0.2) is 0 Å². The van der Waals surface area contributed by atoms with Crippen LogP contribution in [-0.4, -0.2) is 88.2 Å². The molecular weight excluding hydrogens is 689 g/mol. The van der Waals surface area contributed by atoms with Gasteiger partial charge in [0, 0.05) is 12.6 Å². The number of likely N-dealkylation sites (tertiary alicyclic amines) is 1. The Morgan fingerprint density at radius 2 is 1.62 bits per heavy atom. The third-order valence-corrected chi connectivity index (χ3v) is 10.9. The molecular formula is C37H54N6O8S. The summed E-state index contributed by atoms with van der Waals surface area (Å²) in [5.41, 5.74) is 5.72. The number of carbonyl (C=O) groups is 7. The van der Waals surface area contributed by atoms with E-state index in [1.165, 1.54) is 22.3 Å². The van der Waals surface area contributed by atoms with Crippen molar-refractivity contribution in [2.24, 2.45) is 23.5 Å². The normalized spacial score (nSPS) is 20.1. The fourth-order valence-corrected chi connectivity index (χ4v) is 7.78. The molecule has 3 fully saturated rings. The van der Waals surface area contributed by atoms with Crippen molar-refractivity contribution < 1.29 is 38.7 Å². The van der Waals surface area contributed by atoms with Crippen molar-refractivity contribution in [1.82, 2.24) is 26.2 Å². The number of carboxylic acids is 1. The fourth-order valence-electron chi connectivity index (χ4n) is 7.15. The second kappa shape index (κ2) is 19.5. The number of carbonyl (C=O) groups excluding carboxylic acids is 6. The number of nitrogens with two attached hydrogens (primary N) is 1. The van der Waals surface area contributed by atoms with Crippen molar-refractivity contribution >= 4 is 52.7 Å². The molecule has 14 nitrogen and oxygen atoms in total. The largest absolute Gasteiger partial charge is 0.478 e. The lowest BCUT2D eigenvalue weighted by atomic mass is 9.83. The van der Waals surface area contributed by atoms with E-state index in [2.05, 4.69) is 21.3 Å². The van der Waals surface area contributed by atoms with E-state index < -0.39 is 71.6 Å². The summed E-state index contributed by atoms with van der Waals surface area (Å²) in [7, 11) is 0. The standard InChI is InChI=1S/C37H54N6O8S/c1-22(2)20-26(34(48)42-31(32(38)46)24-10-4-3-5-11-24)40-35(49)28-13-8-18-43(28)37(51)27(21-23-16-17-23)41-33(47)25(12-6-7-15-30(44)45)39-36(50)29-14-9-19-52-29/h7,9,14-15,19,22-28,31H,3-6,8,10-13,16-18,20-21H2,1-2H3,(H2,38,46)(H,39,50)(H,40,49)(H,41,47)(H,42,48)(H,44,45)/t25?,26-,27-,28-,31-/m0/s1. The second-order valence-electron chi connectivity index (χ2n) is 14.7. The van der Waals surface area contributed by atoms with E-state index in [0.717, 1.165) is 51.0 Å². The van der Waals surface area contributed by atoms with Crippen molar-refractivity contribution in [1.29, 1.82) is 0 Å². The van der Waals surface area contributed by atoms with Gasteiger partial charge < -0.3 is 37.0 Å². The molecule has 4 rings (SSSR count). The lowest BCUT2D eigenvalue weighted by Crippen LogP contribution is -2.59. The molecule has 1 aromatic heterocycles. The lowest BCUT2D eigenvalue weighted by molar-refractivity contribution is -0.142. The highest BCUT2D eigenvalue weighted by Gasteiger charge is 2.41. The van der Waals surface area contributed by atoms with Gasteiger partial charge in [0.05, 0.1) is 4.88 Å². The number of allylic oxidation sites excluding steroid dienone is 1. The van der Waals surface area contributed by atoms with E-state index in [1.807, 2.05) is 13.8 Å². The number of amides is 6. The fraction of sp³-hybridized carbons (Fsp3) is 0.649. The summed E-state index contributed by atoms with van der Waals surface area (Å²) < 4.78 is 0. The smallest absolute Gasteiger partial charge is 0.327 e. The van der Waals surface area contributed by atoms with E-state index >= 15 is 0 Å². The Morgan fingerprint density at radius 1 is 0.904 bits per heavy atom. The number of thiophene rings is 1. The third kappa shape index (κ3) is 12.2. The average Bonchev–Trinajstić information content (AvgIpc) is 3.52. The second-order valence-corrected chi connectivity index (χ2v) is 15.7. The zero-order chi connectivity index (χ0) is 37.8. The maximum absolute atomic E-state index is 14.2. The molecule has 1 aromatic rings. The molecule has 2 heterocycles. The number of primary amides is 1. The van der Waals surface area contributed by atoms with Crippen molar-refractivity contribution in [3.8, 4) is 0 Å². The minimum absolute atomic E-state index is 0.0325. The molecule has 286 valence electrons. The molecule has 15 heteroatoms. The molecule has 0 bridgehead atoms. The first-order chi connectivity index (χ1) is 24.8. The van der Waals surface area contributed by atoms with Crippen LogP contribution in [0, 0.1) is 17.8 Å². The molecule has 6 amide bonds. The molecule has 2 saturated carbocycles. The van der Waals surface area contributed by atoms with Crippen LogP contribution in [0.3, 0.4) is 0 Å². The van der Waals surface area contributed by atoms with Crippen molar-refractivity contribution in [2.45, 2.75) is 128 Å². The van der Waals surface area contributed by atoms with Crippen LogP contribution in [0.1, 0.15) is 107 Å². The zero-order valence-electron chi connectivity index (χ0n) is 30.1. The van der Waals surface area contributed by atoms with Crippen LogP contribution in [0.2, 0.25) is 0 Å². The van der Waals surface area contributed by atoms with E-state index in [1.54, 1.807) is 17.5 Å². The highest BCUT2D eigenvalue weighted by Crippen LogP contribution is 2.34. The molecule has 5 atom stereocenters. The Balaban J connectivity index is 1.46. The Labute approximate surface area is 309 Å². The van der Waals surface area contributed by atoms with E-state index in [0.29, 0.717) is 37.1 Å². The molecule has 2 aliphatic carbocycles. The number of hydrogen-bond donors (Lipinski definition) is 6. The van der Waals surface area contributed by atoms with Gasteiger partial charge in [-0.15, -0.1) is 11.3 Å². The first kappa shape index (κ1) is 40.5. The van der Waals surface area contributed by atoms with Crippen molar-refractivity contribution in [3.05, 3.63) is 34.5 Å². The van der Waals surface area contributed by atoms with Gasteiger partial charge in [0.25, 0.3) is 5.91 Å². The summed E-state index contributed by atoms with van der Waals surface area (Å²) in [5.74, 6) is -3.95. The number of nitrogens with one attached hydrogen (secondary N) is 4. The summed E-state index contributed by atoms with van der Waals surface area (Å²) in [4.78, 5) is 93.4. The topological polar surface area (TPSA) is 217 Å². The van der Waals surface area contributed by atoms with E-state index in [-0.39, 0.29) is 30.6 Å². The van der Waals surface area contributed by atoms with Crippen molar-refractivity contribution in [2.75, 3.05) is 6.54 Å². The van der Waals surface area contributed by atoms with Crippen LogP contribution in [0.5, 0.6) is 0 Å². The summed E-state index contributed by atoms with van der Waals surface area (Å²) in [6.07, 6.45) is 10.6. The molecule has 1 saturated heterocycles. The Kier molecular flexibility index (Phi) is 15.2. The highest BCUT2D eigenvalue weighted by molar-refractivity contribution is 7.12. The Morgan fingerprint density at radius 3 is 2.23 bits per heavy atom. The number of rotatable bonds is 19. The zero-order valence-corrected chi connectivity index (χ0v) is 31.0. The van der Waals surface area contributed by atoms with Gasteiger partial charge in [-0.1, -0.05) is 58.1 Å². The quantitative estimate of drug-likeness (QED) is 0.116. The molecule has 0 radical (unpaired) electrons. The predicted molar refractivity (Wildman–Crippen MR) is 195 cm³/mol. The van der Waals surface area contributed by atoms with E-state index in [9.17, 15) is 33.6 Å². The van der Waals surface area contributed by atoms with E-state index in [4.69, 9.17) is 10.8 Å². The maximum Gasteiger partial charge on any atom is 0.327 e. The monoisotopic (exact) mass is 742 g/mol. The summed E-state index contributed by atoms with van der Waals surface area (Å²) >= 11 is 1.21. The molecule has 0 aromatic carbocycles. The summed E-state index contributed by atoms with van der Waals surface area (Å²) in [5, 5.41) is 22.0. The third-order valence-electron chi connectivity index (χ3n) is 10.0. The lowest BCUT2D eigenvalue weighted by Gasteiger charge is -2.32. The van der Waals surface area contributed by atoms with Crippen LogP contribution in [0.25, 0.3) is 0 Å². The van der Waals surface area contributed by atoms with Gasteiger partial charge in [-0.05, 0) is 80.6 Å². The molecule has 3 aliphatic rings. The molecule has 52 heavy (non-hydrogen) atoms. The Hall–Kier alpha value is -4.27. The van der Waals surface area contributed by atoms with Crippen LogP contribution in [0.15, 0.2) is 29.7 Å². The SMILES string of the molecule is CC(C)C[C@H](NC(=O)[C@@H]1CCCN1C(=O)[C@H](CC1CC1)NC(=O)C(CCC=CC(=O)O)NC(=O)c1cccs1)C(=O)N[C@H](C(N)=O)C1CCCCC1. The van der Waals surface area contributed by atoms with Gasteiger partial charge in [0.2, 0.25) is 29.5 Å². The first-order valence-corrected chi connectivity index (χ1v) is 19.5. The Bertz CT molecular complexity index is 1460. The average molecular weight is 743 g/mol. The maximum atomic E-state index is 14.2.